The van der Waals surface area contributed by atoms with E-state index in [1.54, 1.807) is 0 Å². The Morgan fingerprint density at radius 2 is 1.93 bits per heavy atom. The number of carbonyl (C=O) groups excluding carboxylic acids is 1. The molecule has 0 aliphatic carbocycles. The Balaban J connectivity index is 1.68. The number of nitrogens with zero attached hydrogens (tertiary/aromatic N) is 3. The maximum absolute atomic E-state index is 12.7. The molecule has 5 heteroatoms. The Labute approximate surface area is 162 Å². The van der Waals surface area contributed by atoms with E-state index >= 15 is 0 Å². The van der Waals surface area contributed by atoms with Gasteiger partial charge < -0.3 is 14.5 Å². The molecule has 0 radical (unpaired) electrons. The van der Waals surface area contributed by atoms with Crippen LogP contribution in [0.4, 0.5) is 10.6 Å². The molecule has 1 fully saturated rings. The predicted octanol–water partition coefficient (Wildman–Crippen LogP) is 4.79. The zero-order valence-electron chi connectivity index (χ0n) is 16.3. The molecule has 1 aromatic carbocycles. The van der Waals surface area contributed by atoms with Gasteiger partial charge in [-0.3, -0.25) is 0 Å². The number of pyridine rings is 1. The van der Waals surface area contributed by atoms with Gasteiger partial charge in [0.05, 0.1) is 6.04 Å². The number of amides is 1. The third-order valence-corrected chi connectivity index (χ3v) is 5.19. The highest BCUT2D eigenvalue weighted by Gasteiger charge is 2.29. The van der Waals surface area contributed by atoms with Crippen molar-refractivity contribution >= 4 is 11.9 Å². The molecule has 144 valence electrons. The van der Waals surface area contributed by atoms with Crippen molar-refractivity contribution in [3.63, 3.8) is 0 Å². The molecule has 1 amide bonds. The number of anilines is 1. The number of hydrogen-bond acceptors (Lipinski definition) is 4. The van der Waals surface area contributed by atoms with Crippen LogP contribution in [-0.2, 0) is 11.3 Å². The van der Waals surface area contributed by atoms with E-state index in [1.807, 2.05) is 41.4 Å². The monoisotopic (exact) mass is 367 g/mol. The maximum Gasteiger partial charge on any atom is 0.410 e. The van der Waals surface area contributed by atoms with Crippen LogP contribution in [0.5, 0.6) is 0 Å². The first-order valence-corrected chi connectivity index (χ1v) is 9.91. The van der Waals surface area contributed by atoms with Gasteiger partial charge in [-0.1, -0.05) is 36.4 Å². The average Bonchev–Trinajstić information content (AvgIpc) is 2.74. The lowest BCUT2D eigenvalue weighted by molar-refractivity contribution is 0.0678. The fraction of sp³-hybridized carbons (Fsp3) is 0.455. The van der Waals surface area contributed by atoms with Crippen molar-refractivity contribution in [3.05, 3.63) is 59.8 Å². The van der Waals surface area contributed by atoms with Gasteiger partial charge in [0.2, 0.25) is 0 Å². The molecule has 1 aliphatic rings. The molecular weight excluding hydrogens is 338 g/mol. The van der Waals surface area contributed by atoms with Gasteiger partial charge in [-0.25, -0.2) is 9.78 Å². The van der Waals surface area contributed by atoms with Crippen LogP contribution in [0, 0.1) is 0 Å². The smallest absolute Gasteiger partial charge is 0.410 e. The molecule has 1 atom stereocenters. The van der Waals surface area contributed by atoms with Crippen molar-refractivity contribution in [2.75, 3.05) is 24.5 Å². The van der Waals surface area contributed by atoms with Gasteiger partial charge in [0.15, 0.2) is 0 Å². The summed E-state index contributed by atoms with van der Waals surface area (Å²) in [4.78, 5) is 21.4. The van der Waals surface area contributed by atoms with Crippen LogP contribution in [0.2, 0.25) is 0 Å². The Morgan fingerprint density at radius 3 is 2.59 bits per heavy atom. The van der Waals surface area contributed by atoms with Crippen LogP contribution in [0.1, 0.15) is 50.3 Å². The molecular formula is C22H29N3O2. The first kappa shape index (κ1) is 19.2. The van der Waals surface area contributed by atoms with E-state index < -0.39 is 0 Å². The molecule has 1 unspecified atom stereocenters. The van der Waals surface area contributed by atoms with Crippen molar-refractivity contribution in [1.29, 1.82) is 0 Å². The summed E-state index contributed by atoms with van der Waals surface area (Å²) >= 11 is 0. The maximum atomic E-state index is 12.7. The molecule has 2 heterocycles. The largest absolute Gasteiger partial charge is 0.445 e. The van der Waals surface area contributed by atoms with Crippen molar-refractivity contribution in [1.82, 2.24) is 9.88 Å². The third-order valence-electron chi connectivity index (χ3n) is 5.19. The number of carbonyl (C=O) groups is 1. The number of benzene rings is 1. The molecule has 1 aliphatic heterocycles. The third kappa shape index (κ3) is 4.79. The number of aromatic nitrogens is 1. The van der Waals surface area contributed by atoms with Gasteiger partial charge in [0.1, 0.15) is 12.4 Å². The zero-order chi connectivity index (χ0) is 19.1. The Morgan fingerprint density at radius 1 is 1.15 bits per heavy atom. The molecule has 0 saturated carbocycles. The summed E-state index contributed by atoms with van der Waals surface area (Å²) in [5.41, 5.74) is 2.09. The van der Waals surface area contributed by atoms with E-state index in [2.05, 4.69) is 35.9 Å². The predicted molar refractivity (Wildman–Crippen MR) is 108 cm³/mol. The molecule has 2 aromatic rings. The first-order valence-electron chi connectivity index (χ1n) is 9.91. The quantitative estimate of drug-likeness (QED) is 0.736. The number of piperidine rings is 1. The average molecular weight is 367 g/mol. The molecule has 0 spiro atoms. The van der Waals surface area contributed by atoms with E-state index in [4.69, 9.17) is 4.74 Å². The summed E-state index contributed by atoms with van der Waals surface area (Å²) in [7, 11) is 0. The minimum atomic E-state index is -0.239. The molecule has 1 saturated heterocycles. The van der Waals surface area contributed by atoms with Gasteiger partial charge in [-0.05, 0) is 50.3 Å². The Kier molecular flexibility index (Phi) is 6.69. The number of hydrogen-bond donors (Lipinski definition) is 0. The highest BCUT2D eigenvalue weighted by Crippen LogP contribution is 2.31. The van der Waals surface area contributed by atoms with Crippen molar-refractivity contribution in [3.8, 4) is 0 Å². The van der Waals surface area contributed by atoms with Crippen LogP contribution in [0.25, 0.3) is 0 Å². The Bertz CT molecular complexity index is 714. The van der Waals surface area contributed by atoms with Crippen LogP contribution in [-0.4, -0.2) is 35.6 Å². The fourth-order valence-electron chi connectivity index (χ4n) is 3.63. The number of rotatable bonds is 6. The topological polar surface area (TPSA) is 45.7 Å². The summed E-state index contributed by atoms with van der Waals surface area (Å²) in [5.74, 6) is 0.984. The minimum Gasteiger partial charge on any atom is -0.445 e. The first-order chi connectivity index (χ1) is 13.2. The zero-order valence-corrected chi connectivity index (χ0v) is 16.3. The SMILES string of the molecule is CCN(CC)c1ccc(C2CCCCN2C(=O)OCc2ccccc2)cn1. The summed E-state index contributed by atoms with van der Waals surface area (Å²) in [5, 5.41) is 0. The molecule has 0 N–H and O–H groups in total. The van der Waals surface area contributed by atoms with Crippen molar-refractivity contribution in [2.45, 2.75) is 45.8 Å². The summed E-state index contributed by atoms with van der Waals surface area (Å²) in [6, 6.07) is 14.0. The molecule has 0 bridgehead atoms. The fourth-order valence-corrected chi connectivity index (χ4v) is 3.63. The summed E-state index contributed by atoms with van der Waals surface area (Å²) < 4.78 is 5.57. The lowest BCUT2D eigenvalue weighted by atomic mass is 9.97. The second-order valence-electron chi connectivity index (χ2n) is 6.87. The van der Waals surface area contributed by atoms with Crippen molar-refractivity contribution in [2.24, 2.45) is 0 Å². The molecule has 5 nitrogen and oxygen atoms in total. The van der Waals surface area contributed by atoms with Gasteiger partial charge in [-0.15, -0.1) is 0 Å². The van der Waals surface area contributed by atoms with E-state index in [-0.39, 0.29) is 12.1 Å². The van der Waals surface area contributed by atoms with E-state index in [1.165, 1.54) is 0 Å². The number of likely N-dealkylation sites (tertiary alicyclic amines) is 1. The van der Waals surface area contributed by atoms with E-state index in [0.717, 1.165) is 55.8 Å². The molecule has 27 heavy (non-hydrogen) atoms. The second kappa shape index (κ2) is 9.40. The van der Waals surface area contributed by atoms with E-state index in [0.29, 0.717) is 6.61 Å². The van der Waals surface area contributed by atoms with Gasteiger partial charge in [0.25, 0.3) is 0 Å². The lowest BCUT2D eigenvalue weighted by Crippen LogP contribution is -2.38. The molecule has 3 rings (SSSR count). The van der Waals surface area contributed by atoms with Crippen LogP contribution in [0.15, 0.2) is 48.7 Å². The van der Waals surface area contributed by atoms with Crippen LogP contribution < -0.4 is 4.90 Å². The highest BCUT2D eigenvalue weighted by molar-refractivity contribution is 5.68. The van der Waals surface area contributed by atoms with Crippen LogP contribution >= 0.6 is 0 Å². The van der Waals surface area contributed by atoms with Crippen molar-refractivity contribution < 1.29 is 9.53 Å². The highest BCUT2D eigenvalue weighted by atomic mass is 16.6. The summed E-state index contributed by atoms with van der Waals surface area (Å²) in [6.07, 6.45) is 4.76. The lowest BCUT2D eigenvalue weighted by Gasteiger charge is -2.35. The minimum absolute atomic E-state index is 0.0419. The van der Waals surface area contributed by atoms with Crippen LogP contribution in [0.3, 0.4) is 0 Å². The molecule has 1 aromatic heterocycles. The standard InChI is InChI=1S/C22H29N3O2/c1-3-24(4-2)21-14-13-19(16-23-21)20-12-8-9-15-25(20)22(26)27-17-18-10-6-5-7-11-18/h5-7,10-11,13-14,16,20H,3-4,8-9,12,15,17H2,1-2H3. The van der Waals surface area contributed by atoms with Gasteiger partial charge in [-0.2, -0.15) is 0 Å². The van der Waals surface area contributed by atoms with Gasteiger partial charge >= 0.3 is 6.09 Å². The second-order valence-corrected chi connectivity index (χ2v) is 6.87. The number of ether oxygens (including phenoxy) is 1. The summed E-state index contributed by atoms with van der Waals surface area (Å²) in [6.45, 7) is 7.17. The van der Waals surface area contributed by atoms with E-state index in [9.17, 15) is 4.79 Å². The Hall–Kier alpha value is -2.56. The normalized spacial score (nSPS) is 16.8. The van der Waals surface area contributed by atoms with Gasteiger partial charge in [0, 0.05) is 25.8 Å².